The van der Waals surface area contributed by atoms with Crippen molar-refractivity contribution in [1.29, 1.82) is 0 Å². The first-order valence-corrected chi connectivity index (χ1v) is 12.6. The van der Waals surface area contributed by atoms with Crippen LogP contribution in [0.2, 0.25) is 0 Å². The van der Waals surface area contributed by atoms with Gasteiger partial charge in [-0.15, -0.1) is 0 Å². The lowest BCUT2D eigenvalue weighted by Crippen LogP contribution is -2.32. The molecule has 0 aliphatic heterocycles. The third-order valence-electron chi connectivity index (χ3n) is 6.49. The summed E-state index contributed by atoms with van der Waals surface area (Å²) < 4.78 is 16.3. The Labute approximate surface area is 228 Å². The second-order valence-electron chi connectivity index (χ2n) is 8.86. The van der Waals surface area contributed by atoms with Gasteiger partial charge < -0.3 is 24.2 Å². The molecular weight excluding hydrogens is 494 g/mol. The van der Waals surface area contributed by atoms with E-state index < -0.39 is 5.97 Å². The Morgan fingerprint density at radius 3 is 1.97 bits per heavy atom. The van der Waals surface area contributed by atoms with Gasteiger partial charge in [0.2, 0.25) is 5.75 Å². The van der Waals surface area contributed by atoms with Gasteiger partial charge >= 0.3 is 5.97 Å². The number of amides is 1. The highest BCUT2D eigenvalue weighted by atomic mass is 16.5. The van der Waals surface area contributed by atoms with Crippen molar-refractivity contribution in [3.8, 4) is 28.4 Å². The van der Waals surface area contributed by atoms with E-state index in [4.69, 9.17) is 14.2 Å². The van der Waals surface area contributed by atoms with Crippen LogP contribution >= 0.6 is 0 Å². The van der Waals surface area contributed by atoms with E-state index >= 15 is 0 Å². The number of aromatic carboxylic acids is 1. The van der Waals surface area contributed by atoms with Crippen LogP contribution in [-0.4, -0.2) is 44.9 Å². The molecule has 0 saturated carbocycles. The van der Waals surface area contributed by atoms with Crippen LogP contribution in [0.3, 0.4) is 0 Å². The fraction of sp³-hybridized carbons (Fsp3) is 0.188. The Hall–Kier alpha value is -4.78. The molecule has 4 aromatic carbocycles. The largest absolute Gasteiger partial charge is 0.493 e. The second-order valence-corrected chi connectivity index (χ2v) is 8.86. The van der Waals surface area contributed by atoms with Gasteiger partial charge in [0.05, 0.1) is 26.9 Å². The molecule has 0 spiro atoms. The van der Waals surface area contributed by atoms with E-state index in [9.17, 15) is 14.7 Å². The number of carbonyl (C=O) groups is 2. The summed E-state index contributed by atoms with van der Waals surface area (Å²) in [6.45, 7) is 0.468. The molecule has 39 heavy (non-hydrogen) atoms. The summed E-state index contributed by atoms with van der Waals surface area (Å²) in [5, 5.41) is 9.60. The number of carbonyl (C=O) groups excluding carboxylic acids is 1. The molecule has 0 aromatic heterocycles. The molecule has 0 saturated heterocycles. The van der Waals surface area contributed by atoms with E-state index in [1.165, 1.54) is 26.9 Å². The summed E-state index contributed by atoms with van der Waals surface area (Å²) in [7, 11) is 4.54. The summed E-state index contributed by atoms with van der Waals surface area (Å²) in [6, 6.07) is 27.6. The normalized spacial score (nSPS) is 10.5. The molecule has 200 valence electrons. The first-order valence-electron chi connectivity index (χ1n) is 12.6. The van der Waals surface area contributed by atoms with E-state index in [2.05, 4.69) is 12.1 Å². The van der Waals surface area contributed by atoms with Gasteiger partial charge in [-0.1, -0.05) is 60.7 Å². The van der Waals surface area contributed by atoms with Gasteiger partial charge in [-0.3, -0.25) is 4.79 Å². The molecule has 0 atom stereocenters. The zero-order valence-electron chi connectivity index (χ0n) is 22.2. The lowest BCUT2D eigenvalue weighted by atomic mass is 9.99. The molecule has 1 amide bonds. The number of carboxylic acids is 1. The van der Waals surface area contributed by atoms with Gasteiger partial charge in [-0.2, -0.15) is 0 Å². The summed E-state index contributed by atoms with van der Waals surface area (Å²) in [4.78, 5) is 27.4. The van der Waals surface area contributed by atoms with Crippen molar-refractivity contribution in [1.82, 2.24) is 0 Å². The molecule has 4 aromatic rings. The van der Waals surface area contributed by atoms with E-state index in [-0.39, 0.29) is 11.5 Å². The van der Waals surface area contributed by atoms with Crippen LogP contribution in [0, 0.1) is 0 Å². The fourth-order valence-corrected chi connectivity index (χ4v) is 4.54. The topological polar surface area (TPSA) is 85.3 Å². The SMILES string of the molecule is COc1cc(C(=O)N(CCCc2ccccc2)c2ccc(-c3ccccc3C(=O)O)cc2)cc(OC)c1OC. The highest BCUT2D eigenvalue weighted by Crippen LogP contribution is 2.39. The third-order valence-corrected chi connectivity index (χ3v) is 6.49. The molecule has 0 radical (unpaired) electrons. The third kappa shape index (κ3) is 6.21. The van der Waals surface area contributed by atoms with Crippen LogP contribution in [0.15, 0.2) is 91.0 Å². The average molecular weight is 526 g/mol. The number of rotatable bonds is 11. The van der Waals surface area contributed by atoms with Crippen molar-refractivity contribution in [3.63, 3.8) is 0 Å². The number of aryl methyl sites for hydroxylation is 1. The quantitative estimate of drug-likeness (QED) is 0.245. The minimum atomic E-state index is -0.991. The maximum absolute atomic E-state index is 13.9. The molecule has 0 aliphatic rings. The van der Waals surface area contributed by atoms with Gasteiger partial charge in [0.1, 0.15) is 0 Å². The first-order chi connectivity index (χ1) is 19.0. The van der Waals surface area contributed by atoms with Crippen molar-refractivity contribution >= 4 is 17.6 Å². The van der Waals surface area contributed by atoms with Gasteiger partial charge in [-0.05, 0) is 59.9 Å². The van der Waals surface area contributed by atoms with Gasteiger partial charge in [0.25, 0.3) is 5.91 Å². The monoisotopic (exact) mass is 525 g/mol. The molecule has 7 heteroatoms. The standard InChI is InChI=1S/C32H31NO6/c1-37-28-20-24(21-29(38-2)30(28)39-3)31(34)33(19-9-12-22-10-5-4-6-11-22)25-17-15-23(16-18-25)26-13-7-8-14-27(26)32(35)36/h4-8,10-11,13-18,20-21H,9,12,19H2,1-3H3,(H,35,36). The fourth-order valence-electron chi connectivity index (χ4n) is 4.54. The Balaban J connectivity index is 1.68. The zero-order valence-corrected chi connectivity index (χ0v) is 22.2. The predicted molar refractivity (Wildman–Crippen MR) is 151 cm³/mol. The second kappa shape index (κ2) is 12.6. The Morgan fingerprint density at radius 2 is 1.38 bits per heavy atom. The minimum absolute atomic E-state index is 0.221. The van der Waals surface area contributed by atoms with Crippen molar-refractivity contribution in [2.24, 2.45) is 0 Å². The number of nitrogens with zero attached hydrogens (tertiary/aromatic N) is 1. The lowest BCUT2D eigenvalue weighted by molar-refractivity contribution is 0.0697. The van der Waals surface area contributed by atoms with Gasteiger partial charge in [0.15, 0.2) is 11.5 Å². The molecule has 0 heterocycles. The number of hydrogen-bond acceptors (Lipinski definition) is 5. The van der Waals surface area contributed by atoms with Crippen molar-refractivity contribution in [3.05, 3.63) is 108 Å². The van der Waals surface area contributed by atoms with Crippen LogP contribution in [0.1, 0.15) is 32.7 Å². The average Bonchev–Trinajstić information content (AvgIpc) is 2.98. The molecule has 0 fully saturated rings. The summed E-state index contributed by atoms with van der Waals surface area (Å²) in [5.41, 5.74) is 3.86. The number of hydrogen-bond donors (Lipinski definition) is 1. The molecule has 0 bridgehead atoms. The van der Waals surface area contributed by atoms with Crippen LogP contribution < -0.4 is 19.1 Å². The first kappa shape index (κ1) is 27.3. The van der Waals surface area contributed by atoms with Gasteiger partial charge in [0, 0.05) is 17.8 Å². The molecule has 0 aliphatic carbocycles. The Morgan fingerprint density at radius 1 is 0.769 bits per heavy atom. The smallest absolute Gasteiger partial charge is 0.336 e. The number of benzene rings is 4. The molecule has 0 unspecified atom stereocenters. The number of ether oxygens (including phenoxy) is 3. The number of anilines is 1. The molecule has 4 rings (SSSR count). The summed E-state index contributed by atoms with van der Waals surface area (Å²) >= 11 is 0. The molecule has 7 nitrogen and oxygen atoms in total. The highest BCUT2D eigenvalue weighted by molar-refractivity contribution is 6.07. The van der Waals surface area contributed by atoms with E-state index in [1.54, 1.807) is 41.3 Å². The molecule has 1 N–H and O–H groups in total. The van der Waals surface area contributed by atoms with Gasteiger partial charge in [-0.25, -0.2) is 4.79 Å². The van der Waals surface area contributed by atoms with Crippen LogP contribution in [0.25, 0.3) is 11.1 Å². The Kier molecular flexibility index (Phi) is 8.84. The predicted octanol–water partition coefficient (Wildman–Crippen LogP) is 6.36. The van der Waals surface area contributed by atoms with Crippen molar-refractivity contribution in [2.75, 3.05) is 32.8 Å². The Bertz CT molecular complexity index is 1410. The van der Waals surface area contributed by atoms with Crippen molar-refractivity contribution < 1.29 is 28.9 Å². The van der Waals surface area contributed by atoms with Crippen LogP contribution in [0.5, 0.6) is 17.2 Å². The molecular formula is C32H31NO6. The lowest BCUT2D eigenvalue weighted by Gasteiger charge is -2.24. The highest BCUT2D eigenvalue weighted by Gasteiger charge is 2.23. The van der Waals surface area contributed by atoms with Crippen LogP contribution in [-0.2, 0) is 6.42 Å². The number of carboxylic acid groups (broad SMARTS) is 1. The minimum Gasteiger partial charge on any atom is -0.493 e. The van der Waals surface area contributed by atoms with E-state index in [0.717, 1.165) is 18.4 Å². The van der Waals surface area contributed by atoms with Crippen molar-refractivity contribution in [2.45, 2.75) is 12.8 Å². The zero-order chi connectivity index (χ0) is 27.8. The van der Waals surface area contributed by atoms with E-state index in [0.29, 0.717) is 40.6 Å². The van der Waals surface area contributed by atoms with Crippen LogP contribution in [0.4, 0.5) is 5.69 Å². The summed E-state index contributed by atoms with van der Waals surface area (Å²) in [5.74, 6) is -0.0143. The summed E-state index contributed by atoms with van der Waals surface area (Å²) in [6.07, 6.45) is 1.55. The maximum atomic E-state index is 13.9. The van der Waals surface area contributed by atoms with E-state index in [1.807, 2.05) is 42.5 Å². The number of methoxy groups -OCH3 is 3. The maximum Gasteiger partial charge on any atom is 0.336 e.